The van der Waals surface area contributed by atoms with Gasteiger partial charge < -0.3 is 10.0 Å². The Kier molecular flexibility index (Phi) is 4.12. The van der Waals surface area contributed by atoms with Gasteiger partial charge in [0.2, 0.25) is 10.0 Å². The van der Waals surface area contributed by atoms with E-state index in [-0.39, 0.29) is 22.1 Å². The molecule has 110 valence electrons. The molecule has 1 unspecified atom stereocenters. The number of carboxylic acid groups (broad SMARTS) is 1. The molecular weight excluding hydrogens is 280 g/mol. The molecule has 1 saturated heterocycles. The summed E-state index contributed by atoms with van der Waals surface area (Å²) in [5.74, 6) is -1.12. The number of sulfonamides is 1. The summed E-state index contributed by atoms with van der Waals surface area (Å²) in [6, 6.07) is 4.16. The van der Waals surface area contributed by atoms with Crippen molar-refractivity contribution in [1.82, 2.24) is 9.62 Å². The van der Waals surface area contributed by atoms with Gasteiger partial charge in [-0.1, -0.05) is 6.07 Å². The van der Waals surface area contributed by atoms with Crippen molar-refractivity contribution in [2.45, 2.75) is 24.3 Å². The van der Waals surface area contributed by atoms with E-state index in [0.717, 1.165) is 13.0 Å². The Hall–Kier alpha value is -1.44. The summed E-state index contributed by atoms with van der Waals surface area (Å²) in [5.41, 5.74) is 0.273. The molecule has 1 aliphatic rings. The van der Waals surface area contributed by atoms with Gasteiger partial charge in [-0.25, -0.2) is 17.9 Å². The Morgan fingerprint density at radius 1 is 1.45 bits per heavy atom. The van der Waals surface area contributed by atoms with E-state index in [0.29, 0.717) is 6.54 Å². The van der Waals surface area contributed by atoms with Crippen LogP contribution in [0.2, 0.25) is 0 Å². The lowest BCUT2D eigenvalue weighted by atomic mass is 10.1. The highest BCUT2D eigenvalue weighted by Crippen LogP contribution is 2.20. The van der Waals surface area contributed by atoms with E-state index in [2.05, 4.69) is 4.72 Å². The molecule has 1 aliphatic heterocycles. The quantitative estimate of drug-likeness (QED) is 0.853. The molecule has 0 aliphatic carbocycles. The number of likely N-dealkylation sites (N-methyl/N-ethyl adjacent to an activating group) is 1. The number of likely N-dealkylation sites (tertiary alicyclic amines) is 1. The summed E-state index contributed by atoms with van der Waals surface area (Å²) in [6.07, 6.45) is 0.757. The predicted octanol–water partition coefficient (Wildman–Crippen LogP) is 0.676. The summed E-state index contributed by atoms with van der Waals surface area (Å²) >= 11 is 0. The SMILES string of the molecule is Cc1c(C(=O)O)cccc1S(=O)(=O)NC1CCN(C)C1. The highest BCUT2D eigenvalue weighted by Gasteiger charge is 2.27. The molecule has 0 spiro atoms. The number of hydrogen-bond acceptors (Lipinski definition) is 4. The molecule has 0 amide bonds. The Morgan fingerprint density at radius 2 is 2.15 bits per heavy atom. The van der Waals surface area contributed by atoms with Crippen molar-refractivity contribution in [2.75, 3.05) is 20.1 Å². The highest BCUT2D eigenvalue weighted by molar-refractivity contribution is 7.89. The molecule has 7 heteroatoms. The molecular formula is C13H18N2O4S. The van der Waals surface area contributed by atoms with Crippen molar-refractivity contribution >= 4 is 16.0 Å². The van der Waals surface area contributed by atoms with E-state index in [1.165, 1.54) is 25.1 Å². The van der Waals surface area contributed by atoms with Crippen LogP contribution in [-0.4, -0.2) is 50.6 Å². The lowest BCUT2D eigenvalue weighted by molar-refractivity contribution is 0.0696. The summed E-state index contributed by atoms with van der Waals surface area (Å²) < 4.78 is 27.4. The van der Waals surface area contributed by atoms with Crippen molar-refractivity contribution < 1.29 is 18.3 Å². The smallest absolute Gasteiger partial charge is 0.335 e. The number of nitrogens with one attached hydrogen (secondary N) is 1. The van der Waals surface area contributed by atoms with Gasteiger partial charge in [-0.15, -0.1) is 0 Å². The zero-order valence-corrected chi connectivity index (χ0v) is 12.3. The predicted molar refractivity (Wildman–Crippen MR) is 74.4 cm³/mol. The van der Waals surface area contributed by atoms with Gasteiger partial charge in [-0.05, 0) is 44.6 Å². The highest BCUT2D eigenvalue weighted by atomic mass is 32.2. The maximum absolute atomic E-state index is 12.4. The molecule has 0 aromatic heterocycles. The van der Waals surface area contributed by atoms with Gasteiger partial charge in [0.05, 0.1) is 10.5 Å². The second-order valence-corrected chi connectivity index (χ2v) is 6.79. The standard InChI is InChI=1S/C13H18N2O4S/c1-9-11(13(16)17)4-3-5-12(9)20(18,19)14-10-6-7-15(2)8-10/h3-5,10,14H,6-8H2,1-2H3,(H,16,17). The minimum Gasteiger partial charge on any atom is -0.478 e. The number of aromatic carboxylic acids is 1. The molecule has 0 radical (unpaired) electrons. The topological polar surface area (TPSA) is 86.7 Å². The van der Waals surface area contributed by atoms with Crippen molar-refractivity contribution in [3.05, 3.63) is 29.3 Å². The fraction of sp³-hybridized carbons (Fsp3) is 0.462. The Balaban J connectivity index is 2.30. The van der Waals surface area contributed by atoms with Crippen molar-refractivity contribution in [1.29, 1.82) is 0 Å². The molecule has 1 aromatic rings. The van der Waals surface area contributed by atoms with Crippen molar-refractivity contribution in [3.63, 3.8) is 0 Å². The Morgan fingerprint density at radius 3 is 2.70 bits per heavy atom. The summed E-state index contributed by atoms with van der Waals surface area (Å²) in [5, 5.41) is 9.05. The van der Waals surface area contributed by atoms with E-state index >= 15 is 0 Å². The first-order valence-electron chi connectivity index (χ1n) is 6.35. The van der Waals surface area contributed by atoms with Crippen LogP contribution in [-0.2, 0) is 10.0 Å². The summed E-state index contributed by atoms with van der Waals surface area (Å²) in [4.78, 5) is 13.2. The largest absolute Gasteiger partial charge is 0.478 e. The molecule has 20 heavy (non-hydrogen) atoms. The van der Waals surface area contributed by atoms with E-state index in [9.17, 15) is 13.2 Å². The zero-order valence-electron chi connectivity index (χ0n) is 11.5. The number of hydrogen-bond donors (Lipinski definition) is 2. The van der Waals surface area contributed by atoms with Crippen LogP contribution in [0.4, 0.5) is 0 Å². The average Bonchev–Trinajstić information content (AvgIpc) is 2.73. The third kappa shape index (κ3) is 3.00. The second-order valence-electron chi connectivity index (χ2n) is 5.10. The van der Waals surface area contributed by atoms with Crippen molar-refractivity contribution in [3.8, 4) is 0 Å². The zero-order chi connectivity index (χ0) is 14.9. The molecule has 2 rings (SSSR count). The van der Waals surface area contributed by atoms with Crippen LogP contribution in [0, 0.1) is 6.92 Å². The van der Waals surface area contributed by atoms with Gasteiger partial charge in [0, 0.05) is 12.6 Å². The number of carboxylic acids is 1. The van der Waals surface area contributed by atoms with E-state index in [1.807, 2.05) is 11.9 Å². The van der Waals surface area contributed by atoms with Crippen molar-refractivity contribution in [2.24, 2.45) is 0 Å². The molecule has 0 saturated carbocycles. The minimum absolute atomic E-state index is 0.0106. The summed E-state index contributed by atoms with van der Waals surface area (Å²) in [6.45, 7) is 3.02. The van der Waals surface area contributed by atoms with Gasteiger partial charge >= 0.3 is 5.97 Å². The van der Waals surface area contributed by atoms with E-state index in [1.54, 1.807) is 0 Å². The second kappa shape index (κ2) is 5.51. The number of rotatable bonds is 4. The number of nitrogens with zero attached hydrogens (tertiary/aromatic N) is 1. The number of benzene rings is 1. The van der Waals surface area contributed by atoms with E-state index < -0.39 is 16.0 Å². The molecule has 2 N–H and O–H groups in total. The van der Waals surface area contributed by atoms with E-state index in [4.69, 9.17) is 5.11 Å². The first kappa shape index (κ1) is 15.0. The molecule has 0 bridgehead atoms. The molecule has 1 atom stereocenters. The fourth-order valence-electron chi connectivity index (χ4n) is 2.45. The lowest BCUT2D eigenvalue weighted by Gasteiger charge is -2.15. The van der Waals surface area contributed by atoms with Gasteiger partial charge in [-0.3, -0.25) is 0 Å². The van der Waals surface area contributed by atoms with Gasteiger partial charge in [0.25, 0.3) is 0 Å². The van der Waals surface area contributed by atoms with Crippen LogP contribution in [0.5, 0.6) is 0 Å². The molecule has 1 heterocycles. The molecule has 6 nitrogen and oxygen atoms in total. The first-order chi connectivity index (χ1) is 9.31. The lowest BCUT2D eigenvalue weighted by Crippen LogP contribution is -2.36. The van der Waals surface area contributed by atoms with Crippen LogP contribution in [0.15, 0.2) is 23.1 Å². The summed E-state index contributed by atoms with van der Waals surface area (Å²) in [7, 11) is -1.76. The maximum Gasteiger partial charge on any atom is 0.335 e. The van der Waals surface area contributed by atoms with Gasteiger partial charge in [0.15, 0.2) is 0 Å². The normalized spacial score (nSPS) is 20.2. The molecule has 1 aromatic carbocycles. The Labute approximate surface area is 118 Å². The van der Waals surface area contributed by atoms with Gasteiger partial charge in [0.1, 0.15) is 0 Å². The number of carbonyl (C=O) groups is 1. The third-order valence-electron chi connectivity index (χ3n) is 3.52. The first-order valence-corrected chi connectivity index (χ1v) is 7.83. The maximum atomic E-state index is 12.4. The molecule has 1 fully saturated rings. The van der Waals surface area contributed by atoms with Crippen LogP contribution in [0.3, 0.4) is 0 Å². The van der Waals surface area contributed by atoms with Crippen LogP contribution in [0.1, 0.15) is 22.3 Å². The third-order valence-corrected chi connectivity index (χ3v) is 5.18. The fourth-order valence-corrected chi connectivity index (χ4v) is 3.98. The van der Waals surface area contributed by atoms with Gasteiger partial charge in [-0.2, -0.15) is 0 Å². The van der Waals surface area contributed by atoms with Crippen LogP contribution in [0.25, 0.3) is 0 Å². The average molecular weight is 298 g/mol. The minimum atomic E-state index is -3.69. The van der Waals surface area contributed by atoms with Crippen LogP contribution >= 0.6 is 0 Å². The Bertz CT molecular complexity index is 627. The monoisotopic (exact) mass is 298 g/mol. The van der Waals surface area contributed by atoms with Crippen LogP contribution < -0.4 is 4.72 Å².